The van der Waals surface area contributed by atoms with Crippen LogP contribution in [0.3, 0.4) is 0 Å². The van der Waals surface area contributed by atoms with Crippen molar-refractivity contribution >= 4 is 23.5 Å². The number of carbonyl (C=O) groups excluding carboxylic acids is 3. The molecule has 0 saturated carbocycles. The number of aromatic nitrogens is 1. The van der Waals surface area contributed by atoms with Crippen LogP contribution >= 0.6 is 0 Å². The average Bonchev–Trinajstić information content (AvgIpc) is 3.03. The number of imide groups is 1. The Bertz CT molecular complexity index is 1190. The Labute approximate surface area is 186 Å². The number of amides is 2. The predicted octanol–water partition coefficient (Wildman–Crippen LogP) is 5.35. The van der Waals surface area contributed by atoms with Gasteiger partial charge in [0.2, 0.25) is 5.88 Å². The highest BCUT2D eigenvalue weighted by atomic mass is 16.5. The van der Waals surface area contributed by atoms with Crippen LogP contribution in [0.4, 0.5) is 5.69 Å². The number of para-hydroxylation sites is 1. The zero-order valence-electron chi connectivity index (χ0n) is 18.5. The third kappa shape index (κ3) is 3.58. The molecule has 32 heavy (non-hydrogen) atoms. The van der Waals surface area contributed by atoms with Crippen LogP contribution in [0.25, 0.3) is 0 Å². The molecule has 0 spiro atoms. The zero-order chi connectivity index (χ0) is 23.0. The summed E-state index contributed by atoms with van der Waals surface area (Å²) in [5.74, 6) is -1.37. The average molecular weight is 428 g/mol. The molecule has 6 heteroatoms. The van der Waals surface area contributed by atoms with Crippen LogP contribution in [0.15, 0.2) is 60.8 Å². The van der Waals surface area contributed by atoms with E-state index in [1.807, 2.05) is 45.9 Å². The summed E-state index contributed by atoms with van der Waals surface area (Å²) in [6.45, 7) is 8.10. The first-order chi connectivity index (χ1) is 15.3. The third-order valence-corrected chi connectivity index (χ3v) is 5.54. The fourth-order valence-corrected chi connectivity index (χ4v) is 3.99. The first-order valence-corrected chi connectivity index (χ1v) is 10.6. The highest BCUT2D eigenvalue weighted by molar-refractivity contribution is 6.36. The van der Waals surface area contributed by atoms with Crippen molar-refractivity contribution in [2.75, 3.05) is 4.90 Å². The monoisotopic (exact) mass is 428 g/mol. The van der Waals surface area contributed by atoms with E-state index in [-0.39, 0.29) is 34.4 Å². The Morgan fingerprint density at radius 1 is 0.844 bits per heavy atom. The Kier molecular flexibility index (Phi) is 5.61. The molecule has 1 aliphatic heterocycles. The zero-order valence-corrected chi connectivity index (χ0v) is 18.5. The molecule has 2 amide bonds. The number of nitrogens with zero attached hydrogens (tertiary/aromatic N) is 2. The van der Waals surface area contributed by atoms with Crippen LogP contribution in [-0.4, -0.2) is 22.8 Å². The Morgan fingerprint density at radius 3 is 2.09 bits per heavy atom. The smallest absolute Gasteiger partial charge is 0.345 e. The van der Waals surface area contributed by atoms with Gasteiger partial charge in [0.05, 0.1) is 22.4 Å². The molecule has 4 rings (SSSR count). The van der Waals surface area contributed by atoms with Gasteiger partial charge in [0.25, 0.3) is 11.8 Å². The number of pyridine rings is 1. The molecule has 6 nitrogen and oxygen atoms in total. The Morgan fingerprint density at radius 2 is 1.50 bits per heavy atom. The summed E-state index contributed by atoms with van der Waals surface area (Å²) in [5, 5.41) is 0. The van der Waals surface area contributed by atoms with E-state index in [0.717, 1.165) is 11.1 Å². The summed E-state index contributed by atoms with van der Waals surface area (Å²) in [6.07, 6.45) is 1.50. The quantitative estimate of drug-likeness (QED) is 0.404. The summed E-state index contributed by atoms with van der Waals surface area (Å²) in [6, 6.07) is 15.4. The van der Waals surface area contributed by atoms with Crippen molar-refractivity contribution < 1.29 is 19.1 Å². The lowest BCUT2D eigenvalue weighted by molar-refractivity contribution is 0.0722. The van der Waals surface area contributed by atoms with Gasteiger partial charge in [-0.3, -0.25) is 9.59 Å². The summed E-state index contributed by atoms with van der Waals surface area (Å²) in [7, 11) is 0. The van der Waals surface area contributed by atoms with Crippen molar-refractivity contribution in [2.24, 2.45) is 0 Å². The summed E-state index contributed by atoms with van der Waals surface area (Å²) >= 11 is 0. The second-order valence-corrected chi connectivity index (χ2v) is 8.33. The summed E-state index contributed by atoms with van der Waals surface area (Å²) in [4.78, 5) is 45.1. The van der Waals surface area contributed by atoms with Crippen LogP contribution in [0.2, 0.25) is 0 Å². The molecule has 2 heterocycles. The van der Waals surface area contributed by atoms with Crippen molar-refractivity contribution in [2.45, 2.75) is 39.5 Å². The van der Waals surface area contributed by atoms with Crippen LogP contribution in [0.5, 0.6) is 5.88 Å². The van der Waals surface area contributed by atoms with Gasteiger partial charge in [-0.2, -0.15) is 0 Å². The van der Waals surface area contributed by atoms with E-state index in [2.05, 4.69) is 4.98 Å². The third-order valence-electron chi connectivity index (χ3n) is 5.54. The number of benzene rings is 2. The van der Waals surface area contributed by atoms with E-state index >= 15 is 0 Å². The summed E-state index contributed by atoms with van der Waals surface area (Å²) < 4.78 is 5.34. The van der Waals surface area contributed by atoms with Crippen molar-refractivity contribution in [3.8, 4) is 5.88 Å². The number of rotatable bonds is 5. The lowest BCUT2D eigenvalue weighted by atomic mass is 9.92. The minimum atomic E-state index is -0.732. The van der Waals surface area contributed by atoms with Gasteiger partial charge in [-0.15, -0.1) is 0 Å². The first kappa shape index (κ1) is 21.4. The van der Waals surface area contributed by atoms with Gasteiger partial charge >= 0.3 is 5.97 Å². The van der Waals surface area contributed by atoms with Crippen molar-refractivity contribution in [1.82, 2.24) is 4.98 Å². The lowest BCUT2D eigenvalue weighted by Crippen LogP contribution is -2.32. The van der Waals surface area contributed by atoms with E-state index in [9.17, 15) is 14.4 Å². The Hall–Kier alpha value is -3.80. The lowest BCUT2D eigenvalue weighted by Gasteiger charge is -2.25. The molecule has 2 aromatic carbocycles. The summed E-state index contributed by atoms with van der Waals surface area (Å²) in [5.41, 5.74) is 2.71. The van der Waals surface area contributed by atoms with Gasteiger partial charge in [0.15, 0.2) is 0 Å². The Balaban J connectivity index is 1.82. The van der Waals surface area contributed by atoms with E-state index in [4.69, 9.17) is 4.74 Å². The van der Waals surface area contributed by atoms with E-state index in [1.165, 1.54) is 17.2 Å². The molecule has 1 aliphatic rings. The normalized spacial score (nSPS) is 13.1. The van der Waals surface area contributed by atoms with Gasteiger partial charge < -0.3 is 4.74 Å². The van der Waals surface area contributed by atoms with Crippen molar-refractivity contribution in [3.63, 3.8) is 0 Å². The minimum absolute atomic E-state index is 0.0436. The SMILES string of the molecule is CC(C)c1cccc(C(C)C)c1N1C(=O)c2cccc(C(=O)Oc3ccccn3)c2C1=O. The molecule has 162 valence electrons. The molecular formula is C26H24N2O4. The number of carbonyl (C=O) groups is 3. The molecule has 0 atom stereocenters. The molecule has 0 N–H and O–H groups in total. The molecule has 0 fully saturated rings. The highest BCUT2D eigenvalue weighted by Gasteiger charge is 2.42. The number of esters is 1. The van der Waals surface area contributed by atoms with Crippen LogP contribution in [-0.2, 0) is 0 Å². The number of hydrogen-bond donors (Lipinski definition) is 0. The fraction of sp³-hybridized carbons (Fsp3) is 0.231. The number of fused-ring (bicyclic) bond motifs is 1. The van der Waals surface area contributed by atoms with Gasteiger partial charge in [-0.25, -0.2) is 14.7 Å². The first-order valence-electron chi connectivity index (χ1n) is 10.6. The predicted molar refractivity (Wildman–Crippen MR) is 121 cm³/mol. The molecular weight excluding hydrogens is 404 g/mol. The highest BCUT2D eigenvalue weighted by Crippen LogP contribution is 2.40. The van der Waals surface area contributed by atoms with Gasteiger partial charge in [-0.05, 0) is 41.2 Å². The van der Waals surface area contributed by atoms with Crippen molar-refractivity contribution in [1.29, 1.82) is 0 Å². The molecule has 0 aliphatic carbocycles. The maximum absolute atomic E-state index is 13.6. The second-order valence-electron chi connectivity index (χ2n) is 8.33. The van der Waals surface area contributed by atoms with Crippen LogP contribution < -0.4 is 9.64 Å². The van der Waals surface area contributed by atoms with E-state index < -0.39 is 17.8 Å². The number of anilines is 1. The largest absolute Gasteiger partial charge is 0.404 e. The molecule has 1 aromatic heterocycles. The van der Waals surface area contributed by atoms with Crippen molar-refractivity contribution in [3.05, 3.63) is 88.6 Å². The number of ether oxygens (including phenoxy) is 1. The second kappa shape index (κ2) is 8.38. The molecule has 0 bridgehead atoms. The molecule has 0 unspecified atom stereocenters. The van der Waals surface area contributed by atoms with Gasteiger partial charge in [0.1, 0.15) is 0 Å². The molecule has 0 saturated heterocycles. The van der Waals surface area contributed by atoms with E-state index in [0.29, 0.717) is 5.69 Å². The molecule has 3 aromatic rings. The van der Waals surface area contributed by atoms with Gasteiger partial charge in [-0.1, -0.05) is 58.0 Å². The van der Waals surface area contributed by atoms with Crippen LogP contribution in [0.1, 0.15) is 81.7 Å². The fourth-order valence-electron chi connectivity index (χ4n) is 3.99. The van der Waals surface area contributed by atoms with Crippen LogP contribution in [0, 0.1) is 0 Å². The topological polar surface area (TPSA) is 76.6 Å². The number of hydrogen-bond acceptors (Lipinski definition) is 5. The van der Waals surface area contributed by atoms with E-state index in [1.54, 1.807) is 30.3 Å². The maximum Gasteiger partial charge on any atom is 0.345 e. The minimum Gasteiger partial charge on any atom is -0.404 e. The standard InChI is InChI=1S/C26H24N2O4/c1-15(2)17-9-7-10-18(16(3)4)23(17)28-24(29)19-11-8-12-20(22(19)25(28)30)26(31)32-21-13-5-6-14-27-21/h5-16H,1-4H3. The maximum atomic E-state index is 13.6. The van der Waals surface area contributed by atoms with Gasteiger partial charge in [0, 0.05) is 12.3 Å². The molecule has 0 radical (unpaired) electrons.